The number of carbonyl (C=O) groups is 2. The number of Topliss-reactive ketones (excluding diaryl/α,β-unsaturated/α-hetero) is 2. The summed E-state index contributed by atoms with van der Waals surface area (Å²) in [5, 5.41) is 16.8. The molecule has 0 fully saturated rings. The predicted molar refractivity (Wildman–Crippen MR) is 190 cm³/mol. The van der Waals surface area contributed by atoms with Gasteiger partial charge in [0, 0.05) is 22.3 Å². The van der Waals surface area contributed by atoms with Gasteiger partial charge in [-0.2, -0.15) is 0 Å². The van der Waals surface area contributed by atoms with Crippen LogP contribution in [0.3, 0.4) is 0 Å². The summed E-state index contributed by atoms with van der Waals surface area (Å²) < 4.78 is 0. The van der Waals surface area contributed by atoms with E-state index in [1.165, 1.54) is 0 Å². The number of nitrogens with zero attached hydrogens (tertiary/aromatic N) is 1. The highest BCUT2D eigenvalue weighted by Crippen LogP contribution is 2.47. The summed E-state index contributed by atoms with van der Waals surface area (Å²) in [7, 11) is 0. The molecule has 224 valence electrons. The number of hydrogen-bond donors (Lipinski definition) is 1. The quantitative estimate of drug-likeness (QED) is 0.0458. The maximum absolute atomic E-state index is 15.5. The van der Waals surface area contributed by atoms with Crippen LogP contribution in [-0.4, -0.2) is 27.8 Å². The lowest BCUT2D eigenvalue weighted by molar-refractivity contribution is 0.102. The summed E-state index contributed by atoms with van der Waals surface area (Å²) in [4.78, 5) is 30.6. The second kappa shape index (κ2) is 13.6. The Balaban J connectivity index is 1.78. The fraction of sp³-hybridized carbons (Fsp3) is 0.0244. The van der Waals surface area contributed by atoms with Crippen molar-refractivity contribution in [1.82, 2.24) is 0 Å². The van der Waals surface area contributed by atoms with Crippen molar-refractivity contribution < 1.29 is 14.8 Å². The minimum Gasteiger partial charge on any atom is -0.410 e. The number of aryl methyl sites for hydroxylation is 1. The molecule has 0 amide bonds. The van der Waals surface area contributed by atoms with Crippen LogP contribution in [0.2, 0.25) is 0 Å². The van der Waals surface area contributed by atoms with E-state index in [1.807, 2.05) is 140 Å². The van der Waals surface area contributed by atoms with Gasteiger partial charge < -0.3 is 5.21 Å². The Kier molecular flexibility index (Phi) is 9.01. The van der Waals surface area contributed by atoms with Crippen molar-refractivity contribution in [3.63, 3.8) is 0 Å². The molecule has 1 N–H and O–H groups in total. The Bertz CT molecular complexity index is 1970. The molecule has 0 aliphatic heterocycles. The molecule has 0 spiro atoms. The minimum atomic E-state index is -3.13. The fourth-order valence-corrected chi connectivity index (χ4v) is 10.3. The Morgan fingerprint density at radius 1 is 0.478 bits per heavy atom. The van der Waals surface area contributed by atoms with Crippen LogP contribution in [0.25, 0.3) is 0 Å². The first-order chi connectivity index (χ1) is 22.6. The lowest BCUT2D eigenvalue weighted by Gasteiger charge is -2.32. The lowest BCUT2D eigenvalue weighted by Crippen LogP contribution is -2.38. The first-order valence-corrected chi connectivity index (χ1v) is 16.8. The maximum Gasteiger partial charge on any atom is 0.198 e. The fourth-order valence-electron chi connectivity index (χ4n) is 5.92. The summed E-state index contributed by atoms with van der Waals surface area (Å²) >= 11 is 0. The van der Waals surface area contributed by atoms with Gasteiger partial charge in [0.15, 0.2) is 11.6 Å². The van der Waals surface area contributed by atoms with E-state index in [-0.39, 0.29) is 22.4 Å². The van der Waals surface area contributed by atoms with E-state index in [9.17, 15) is 5.21 Å². The van der Waals surface area contributed by atoms with Crippen molar-refractivity contribution in [3.05, 3.63) is 198 Å². The van der Waals surface area contributed by atoms with Gasteiger partial charge in [-0.05, 0) is 29.7 Å². The number of rotatable bonds is 9. The molecular weight excluding hydrogens is 585 g/mol. The molecule has 5 heteroatoms. The molecule has 0 radical (unpaired) electrons. The van der Waals surface area contributed by atoms with Crippen molar-refractivity contribution in [2.45, 2.75) is 6.92 Å². The topological polar surface area (TPSA) is 66.7 Å². The van der Waals surface area contributed by atoms with Crippen LogP contribution >= 0.6 is 6.89 Å². The molecule has 0 bridgehead atoms. The first-order valence-electron chi connectivity index (χ1n) is 15.0. The van der Waals surface area contributed by atoms with E-state index in [4.69, 9.17) is 0 Å². The Morgan fingerprint density at radius 3 is 1.35 bits per heavy atom. The molecule has 0 atom stereocenters. The SMILES string of the molecule is Cc1ccc(/C(=N\O)c2ccccc2C(=O)C(C(=O)c2ccccc2)=P(c2ccccc2)(c2ccccc2)c2ccccc2)cc1. The second-order valence-corrected chi connectivity index (χ2v) is 14.2. The van der Waals surface area contributed by atoms with Crippen LogP contribution in [0.4, 0.5) is 0 Å². The standard InChI is InChI=1S/C41H32NO3P/c1-30-26-28-31(29-27-30)38(42-45)36-24-14-15-25-37(36)40(44)41(39(43)32-16-6-2-7-17-32)46(33-18-8-3-9-19-33,34-20-10-4-11-21-34)35-22-12-5-13-23-35/h2-29,45H,1H3/b42-38+. The number of benzene rings is 6. The van der Waals surface area contributed by atoms with Crippen LogP contribution in [-0.2, 0) is 0 Å². The maximum atomic E-state index is 15.5. The van der Waals surface area contributed by atoms with Crippen molar-refractivity contribution in [1.29, 1.82) is 0 Å². The largest absolute Gasteiger partial charge is 0.410 e. The van der Waals surface area contributed by atoms with Crippen LogP contribution in [0, 0.1) is 6.92 Å². The zero-order valence-electron chi connectivity index (χ0n) is 25.3. The molecule has 4 nitrogen and oxygen atoms in total. The molecule has 0 heterocycles. The third kappa shape index (κ3) is 5.67. The number of oxime groups is 1. The molecule has 0 aliphatic rings. The normalized spacial score (nSPS) is 11.5. The third-order valence-electron chi connectivity index (χ3n) is 8.08. The molecule has 6 rings (SSSR count). The number of ketones is 2. The number of hydrogen-bond acceptors (Lipinski definition) is 4. The summed E-state index contributed by atoms with van der Waals surface area (Å²) in [5.41, 5.74) is 3.09. The molecule has 0 unspecified atom stereocenters. The highest BCUT2D eigenvalue weighted by Gasteiger charge is 2.38. The van der Waals surface area contributed by atoms with Crippen molar-refractivity contribution >= 4 is 45.4 Å². The van der Waals surface area contributed by atoms with Gasteiger partial charge in [0.05, 0.1) is 5.29 Å². The average molecular weight is 618 g/mol. The molecule has 0 aliphatic carbocycles. The van der Waals surface area contributed by atoms with E-state index >= 15 is 9.59 Å². The highest BCUT2D eigenvalue weighted by molar-refractivity contribution is 7.97. The molecular formula is C41H32NO3P. The molecule has 0 saturated carbocycles. The van der Waals surface area contributed by atoms with Crippen molar-refractivity contribution in [2.75, 3.05) is 0 Å². The van der Waals surface area contributed by atoms with E-state index in [1.54, 1.807) is 36.4 Å². The Morgan fingerprint density at radius 2 is 0.891 bits per heavy atom. The zero-order valence-corrected chi connectivity index (χ0v) is 26.2. The smallest absolute Gasteiger partial charge is 0.198 e. The second-order valence-electron chi connectivity index (χ2n) is 10.9. The van der Waals surface area contributed by atoms with Gasteiger partial charge in [-0.1, -0.05) is 181 Å². The molecule has 6 aromatic rings. The Hall–Kier alpha value is -5.57. The molecule has 0 aromatic heterocycles. The van der Waals surface area contributed by atoms with Gasteiger partial charge in [-0.3, -0.25) is 9.59 Å². The monoisotopic (exact) mass is 617 g/mol. The first kappa shape index (κ1) is 30.5. The summed E-state index contributed by atoms with van der Waals surface area (Å²) in [6.07, 6.45) is 0. The van der Waals surface area contributed by atoms with Crippen LogP contribution in [0.5, 0.6) is 0 Å². The van der Waals surface area contributed by atoms with E-state index in [0.29, 0.717) is 16.7 Å². The summed E-state index contributed by atoms with van der Waals surface area (Å²) in [6.45, 7) is -1.15. The van der Waals surface area contributed by atoms with E-state index < -0.39 is 12.7 Å². The van der Waals surface area contributed by atoms with Gasteiger partial charge in [0.2, 0.25) is 0 Å². The van der Waals surface area contributed by atoms with Gasteiger partial charge in [0.25, 0.3) is 0 Å². The van der Waals surface area contributed by atoms with E-state index in [2.05, 4.69) is 5.16 Å². The van der Waals surface area contributed by atoms with Crippen LogP contribution in [0.15, 0.2) is 175 Å². The third-order valence-corrected chi connectivity index (χ3v) is 12.4. The number of carbonyl (C=O) groups excluding carboxylic acids is 2. The molecule has 6 aromatic carbocycles. The van der Waals surface area contributed by atoms with Gasteiger partial charge in [-0.25, -0.2) is 0 Å². The van der Waals surface area contributed by atoms with E-state index in [0.717, 1.165) is 21.5 Å². The van der Waals surface area contributed by atoms with Gasteiger partial charge in [-0.15, -0.1) is 0 Å². The minimum absolute atomic E-state index is 0.177. The van der Waals surface area contributed by atoms with Crippen molar-refractivity contribution in [3.8, 4) is 0 Å². The van der Waals surface area contributed by atoms with Gasteiger partial charge in [0.1, 0.15) is 5.71 Å². The highest BCUT2D eigenvalue weighted by atomic mass is 31.2. The van der Waals surface area contributed by atoms with Crippen molar-refractivity contribution in [2.24, 2.45) is 5.16 Å². The summed E-state index contributed by atoms with van der Waals surface area (Å²) in [5.74, 6) is -0.759. The predicted octanol–water partition coefficient (Wildman–Crippen LogP) is 7.45. The Labute approximate surface area is 269 Å². The molecule has 0 saturated heterocycles. The van der Waals surface area contributed by atoms with Gasteiger partial charge >= 0.3 is 0 Å². The zero-order chi connectivity index (χ0) is 31.9. The summed E-state index contributed by atoms with van der Waals surface area (Å²) in [6, 6.07) is 53.2. The lowest BCUT2D eigenvalue weighted by atomic mass is 9.92. The molecule has 46 heavy (non-hydrogen) atoms. The van der Waals surface area contributed by atoms with Crippen LogP contribution in [0.1, 0.15) is 37.4 Å². The average Bonchev–Trinajstić information content (AvgIpc) is 3.13. The van der Waals surface area contributed by atoms with Crippen LogP contribution < -0.4 is 15.9 Å².